The van der Waals surface area contributed by atoms with Gasteiger partial charge in [0.1, 0.15) is 5.75 Å². The number of anilines is 2. The molecule has 0 saturated heterocycles. The molecule has 2 rings (SSSR count). The molecular weight excluding hydrogens is 372 g/mol. The highest BCUT2D eigenvalue weighted by Gasteiger charge is 2.17. The SMILES string of the molecule is COc1ccc(Cl)cc1NC(=O)[C@H](C)SCC(=O)Nc1ccc(C)cc1. The van der Waals surface area contributed by atoms with Crippen LogP contribution < -0.4 is 15.4 Å². The van der Waals surface area contributed by atoms with E-state index in [9.17, 15) is 9.59 Å². The van der Waals surface area contributed by atoms with Gasteiger partial charge in [-0.2, -0.15) is 0 Å². The van der Waals surface area contributed by atoms with Crippen LogP contribution in [0.15, 0.2) is 42.5 Å². The second-order valence-electron chi connectivity index (χ2n) is 5.70. The van der Waals surface area contributed by atoms with Gasteiger partial charge >= 0.3 is 0 Å². The van der Waals surface area contributed by atoms with Crippen molar-refractivity contribution in [2.24, 2.45) is 0 Å². The summed E-state index contributed by atoms with van der Waals surface area (Å²) in [4.78, 5) is 24.4. The molecule has 2 aromatic carbocycles. The van der Waals surface area contributed by atoms with Crippen molar-refractivity contribution in [3.05, 3.63) is 53.1 Å². The van der Waals surface area contributed by atoms with Crippen LogP contribution in [0.5, 0.6) is 5.75 Å². The van der Waals surface area contributed by atoms with Crippen LogP contribution in [-0.4, -0.2) is 29.9 Å². The van der Waals surface area contributed by atoms with Gasteiger partial charge in [0.05, 0.1) is 23.8 Å². The van der Waals surface area contributed by atoms with E-state index in [-0.39, 0.29) is 17.6 Å². The van der Waals surface area contributed by atoms with Crippen LogP contribution in [0.1, 0.15) is 12.5 Å². The van der Waals surface area contributed by atoms with E-state index in [0.717, 1.165) is 11.3 Å². The van der Waals surface area contributed by atoms with Crippen molar-refractivity contribution in [1.82, 2.24) is 0 Å². The van der Waals surface area contributed by atoms with Gasteiger partial charge in [-0.05, 0) is 44.2 Å². The number of carbonyl (C=O) groups excluding carboxylic acids is 2. The third-order valence-corrected chi connectivity index (χ3v) is 4.97. The largest absolute Gasteiger partial charge is 0.495 e. The fraction of sp³-hybridized carbons (Fsp3) is 0.263. The summed E-state index contributed by atoms with van der Waals surface area (Å²) in [5.74, 6) is 0.324. The molecule has 0 aromatic heterocycles. The van der Waals surface area contributed by atoms with E-state index in [0.29, 0.717) is 16.5 Å². The summed E-state index contributed by atoms with van der Waals surface area (Å²) >= 11 is 7.22. The number of halogens is 1. The molecule has 0 unspecified atom stereocenters. The minimum Gasteiger partial charge on any atom is -0.495 e. The number of carbonyl (C=O) groups is 2. The van der Waals surface area contributed by atoms with E-state index in [1.54, 1.807) is 25.1 Å². The van der Waals surface area contributed by atoms with Gasteiger partial charge in [0.2, 0.25) is 11.8 Å². The molecule has 0 aliphatic rings. The number of hydrogen-bond acceptors (Lipinski definition) is 4. The van der Waals surface area contributed by atoms with Gasteiger partial charge in [-0.15, -0.1) is 11.8 Å². The lowest BCUT2D eigenvalue weighted by Gasteiger charge is -2.14. The fourth-order valence-electron chi connectivity index (χ4n) is 2.12. The lowest BCUT2D eigenvalue weighted by Crippen LogP contribution is -2.25. The van der Waals surface area contributed by atoms with Crippen molar-refractivity contribution in [1.29, 1.82) is 0 Å². The van der Waals surface area contributed by atoms with Gasteiger partial charge in [0.25, 0.3) is 0 Å². The first-order valence-electron chi connectivity index (χ1n) is 8.01. The Bertz CT molecular complexity index is 781. The number of nitrogens with one attached hydrogen (secondary N) is 2. The Labute approximate surface area is 162 Å². The van der Waals surface area contributed by atoms with Gasteiger partial charge in [0.15, 0.2) is 0 Å². The molecule has 2 aromatic rings. The first-order chi connectivity index (χ1) is 12.4. The molecule has 0 spiro atoms. The summed E-state index contributed by atoms with van der Waals surface area (Å²) in [7, 11) is 1.52. The third kappa shape index (κ3) is 5.97. The lowest BCUT2D eigenvalue weighted by atomic mass is 10.2. The number of rotatable bonds is 7. The predicted molar refractivity (Wildman–Crippen MR) is 108 cm³/mol. The molecule has 0 aliphatic carbocycles. The van der Waals surface area contributed by atoms with Crippen molar-refractivity contribution < 1.29 is 14.3 Å². The molecule has 5 nitrogen and oxygen atoms in total. The number of aryl methyl sites for hydroxylation is 1. The Balaban J connectivity index is 1.86. The topological polar surface area (TPSA) is 67.4 Å². The van der Waals surface area contributed by atoms with Gasteiger partial charge in [-0.3, -0.25) is 9.59 Å². The van der Waals surface area contributed by atoms with E-state index in [1.807, 2.05) is 31.2 Å². The summed E-state index contributed by atoms with van der Waals surface area (Å²) in [6, 6.07) is 12.5. The van der Waals surface area contributed by atoms with Crippen LogP contribution in [0.4, 0.5) is 11.4 Å². The van der Waals surface area contributed by atoms with Crippen molar-refractivity contribution in [3.8, 4) is 5.75 Å². The zero-order valence-corrected chi connectivity index (χ0v) is 16.4. The number of thioether (sulfide) groups is 1. The van der Waals surface area contributed by atoms with Crippen LogP contribution in [0.2, 0.25) is 5.02 Å². The maximum absolute atomic E-state index is 12.3. The minimum absolute atomic E-state index is 0.154. The molecule has 1 atom stereocenters. The predicted octanol–water partition coefficient (Wildman–Crippen LogP) is 4.36. The van der Waals surface area contributed by atoms with Crippen molar-refractivity contribution in [2.75, 3.05) is 23.5 Å². The molecule has 0 aliphatic heterocycles. The van der Waals surface area contributed by atoms with Gasteiger partial charge in [-0.25, -0.2) is 0 Å². The molecule has 2 amide bonds. The number of benzene rings is 2. The maximum Gasteiger partial charge on any atom is 0.237 e. The average molecular weight is 393 g/mol. The standard InChI is InChI=1S/C19H21ClN2O3S/c1-12-4-7-15(8-5-12)21-18(23)11-26-13(2)19(24)22-16-10-14(20)6-9-17(16)25-3/h4-10,13H,11H2,1-3H3,(H,21,23)(H,22,24)/t13-/m0/s1. The summed E-state index contributed by atoms with van der Waals surface area (Å²) in [6.07, 6.45) is 0. The van der Waals surface area contributed by atoms with Crippen molar-refractivity contribution in [3.63, 3.8) is 0 Å². The molecule has 138 valence electrons. The highest BCUT2D eigenvalue weighted by molar-refractivity contribution is 8.01. The van der Waals surface area contributed by atoms with Gasteiger partial charge in [-0.1, -0.05) is 29.3 Å². The Morgan fingerprint density at radius 1 is 1.15 bits per heavy atom. The van der Waals surface area contributed by atoms with E-state index in [4.69, 9.17) is 16.3 Å². The molecule has 0 radical (unpaired) electrons. The first kappa shape index (κ1) is 20.1. The Hall–Kier alpha value is -2.18. The first-order valence-corrected chi connectivity index (χ1v) is 9.44. The van der Waals surface area contributed by atoms with Crippen LogP contribution in [0.25, 0.3) is 0 Å². The Morgan fingerprint density at radius 3 is 2.50 bits per heavy atom. The monoisotopic (exact) mass is 392 g/mol. The highest BCUT2D eigenvalue weighted by Crippen LogP contribution is 2.28. The maximum atomic E-state index is 12.3. The zero-order chi connectivity index (χ0) is 19.1. The van der Waals surface area contributed by atoms with E-state index < -0.39 is 5.25 Å². The van der Waals surface area contributed by atoms with Crippen LogP contribution in [0.3, 0.4) is 0 Å². The van der Waals surface area contributed by atoms with Crippen LogP contribution in [0, 0.1) is 6.92 Å². The van der Waals surface area contributed by atoms with E-state index in [2.05, 4.69) is 10.6 Å². The van der Waals surface area contributed by atoms with E-state index in [1.165, 1.54) is 18.9 Å². The number of hydrogen-bond donors (Lipinski definition) is 2. The summed E-state index contributed by atoms with van der Waals surface area (Å²) in [6.45, 7) is 3.73. The molecule has 0 fully saturated rings. The highest BCUT2D eigenvalue weighted by atomic mass is 35.5. The molecule has 0 saturated carbocycles. The Morgan fingerprint density at radius 2 is 1.85 bits per heavy atom. The molecule has 0 bridgehead atoms. The summed E-state index contributed by atoms with van der Waals surface area (Å²) in [5, 5.41) is 5.68. The zero-order valence-electron chi connectivity index (χ0n) is 14.8. The number of amides is 2. The van der Waals surface area contributed by atoms with Gasteiger partial charge < -0.3 is 15.4 Å². The fourth-order valence-corrected chi connectivity index (χ4v) is 2.98. The molecule has 7 heteroatoms. The number of methoxy groups -OCH3 is 1. The van der Waals surface area contributed by atoms with Gasteiger partial charge in [0, 0.05) is 10.7 Å². The smallest absolute Gasteiger partial charge is 0.237 e. The molecule has 2 N–H and O–H groups in total. The number of ether oxygens (including phenoxy) is 1. The molecule has 26 heavy (non-hydrogen) atoms. The second kappa shape index (κ2) is 9.50. The lowest BCUT2D eigenvalue weighted by molar-refractivity contribution is -0.115. The van der Waals surface area contributed by atoms with Crippen LogP contribution >= 0.6 is 23.4 Å². The second-order valence-corrected chi connectivity index (χ2v) is 7.47. The van der Waals surface area contributed by atoms with Crippen molar-refractivity contribution >= 4 is 46.6 Å². The molecule has 0 heterocycles. The quantitative estimate of drug-likeness (QED) is 0.734. The summed E-state index contributed by atoms with van der Waals surface area (Å²) in [5.41, 5.74) is 2.36. The normalized spacial score (nSPS) is 11.5. The minimum atomic E-state index is -0.414. The van der Waals surface area contributed by atoms with Crippen molar-refractivity contribution in [2.45, 2.75) is 19.1 Å². The third-order valence-electron chi connectivity index (χ3n) is 3.59. The summed E-state index contributed by atoms with van der Waals surface area (Å²) < 4.78 is 5.21. The Kier molecular flexibility index (Phi) is 7.36. The van der Waals surface area contributed by atoms with E-state index >= 15 is 0 Å². The average Bonchev–Trinajstić information content (AvgIpc) is 2.61. The molecular formula is C19H21ClN2O3S. The van der Waals surface area contributed by atoms with Crippen LogP contribution in [-0.2, 0) is 9.59 Å².